The maximum atomic E-state index is 13.1. The minimum absolute atomic E-state index is 0.108. The van der Waals surface area contributed by atoms with Crippen LogP contribution in [0.4, 0.5) is 10.1 Å². The highest BCUT2D eigenvalue weighted by Gasteiger charge is 2.25. The molecule has 2 aromatic rings. The lowest BCUT2D eigenvalue weighted by Gasteiger charge is -2.36. The van der Waals surface area contributed by atoms with Crippen LogP contribution in [0, 0.1) is 12.7 Å². The molecule has 0 atom stereocenters. The standard InChI is InChI=1S/C20H24FN3O3S/c1-15-4-9-18(28(26,27)22(2)3)14-19(15)20(25)24-12-10-23(11-13-24)17-7-5-16(21)6-8-17/h4-9,14H,10-13H2,1-3H3. The van der Waals surface area contributed by atoms with Crippen LogP contribution in [0.5, 0.6) is 0 Å². The van der Waals surface area contributed by atoms with E-state index in [1.165, 1.54) is 38.4 Å². The van der Waals surface area contributed by atoms with Gasteiger partial charge in [0.2, 0.25) is 10.0 Å². The molecule has 8 heteroatoms. The summed E-state index contributed by atoms with van der Waals surface area (Å²) in [6, 6.07) is 10.9. The molecule has 0 saturated carbocycles. The molecule has 0 spiro atoms. The quantitative estimate of drug-likeness (QED) is 0.784. The smallest absolute Gasteiger partial charge is 0.254 e. The SMILES string of the molecule is Cc1ccc(S(=O)(=O)N(C)C)cc1C(=O)N1CCN(c2ccc(F)cc2)CC1. The van der Waals surface area contributed by atoms with Crippen LogP contribution in [0.25, 0.3) is 0 Å². The number of nitrogens with zero attached hydrogens (tertiary/aromatic N) is 3. The third kappa shape index (κ3) is 4.02. The monoisotopic (exact) mass is 405 g/mol. The molecule has 6 nitrogen and oxygen atoms in total. The first kappa shape index (κ1) is 20.3. The number of anilines is 1. The van der Waals surface area contributed by atoms with Crippen molar-refractivity contribution in [2.24, 2.45) is 0 Å². The van der Waals surface area contributed by atoms with Gasteiger partial charge in [-0.25, -0.2) is 17.1 Å². The number of carbonyl (C=O) groups is 1. The molecule has 1 amide bonds. The van der Waals surface area contributed by atoms with Crippen LogP contribution in [-0.2, 0) is 10.0 Å². The number of amides is 1. The number of halogens is 1. The fourth-order valence-electron chi connectivity index (χ4n) is 3.19. The van der Waals surface area contributed by atoms with E-state index >= 15 is 0 Å². The van der Waals surface area contributed by atoms with Crippen molar-refractivity contribution in [3.63, 3.8) is 0 Å². The van der Waals surface area contributed by atoms with Gasteiger partial charge in [0, 0.05) is 51.5 Å². The lowest BCUT2D eigenvalue weighted by molar-refractivity contribution is 0.0746. The number of carbonyl (C=O) groups excluding carboxylic acids is 1. The summed E-state index contributed by atoms with van der Waals surface area (Å²) in [7, 11) is -0.678. The molecule has 2 aromatic carbocycles. The van der Waals surface area contributed by atoms with E-state index in [9.17, 15) is 17.6 Å². The van der Waals surface area contributed by atoms with Gasteiger partial charge >= 0.3 is 0 Å². The summed E-state index contributed by atoms with van der Waals surface area (Å²) >= 11 is 0. The summed E-state index contributed by atoms with van der Waals surface area (Å²) in [5, 5.41) is 0. The van der Waals surface area contributed by atoms with Gasteiger partial charge in [-0.2, -0.15) is 0 Å². The van der Waals surface area contributed by atoms with Gasteiger partial charge in [0.15, 0.2) is 0 Å². The van der Waals surface area contributed by atoms with Crippen molar-refractivity contribution >= 4 is 21.6 Å². The lowest BCUT2D eigenvalue weighted by atomic mass is 10.1. The largest absolute Gasteiger partial charge is 0.368 e. The number of piperazine rings is 1. The average Bonchev–Trinajstić information content (AvgIpc) is 2.68. The Hall–Kier alpha value is -2.45. The second kappa shape index (κ2) is 7.89. The topological polar surface area (TPSA) is 60.9 Å². The minimum atomic E-state index is -3.61. The van der Waals surface area contributed by atoms with Gasteiger partial charge in [-0.3, -0.25) is 4.79 Å². The van der Waals surface area contributed by atoms with E-state index in [4.69, 9.17) is 0 Å². The minimum Gasteiger partial charge on any atom is -0.368 e. The Morgan fingerprint density at radius 3 is 2.18 bits per heavy atom. The van der Waals surface area contributed by atoms with Crippen LogP contribution in [0.3, 0.4) is 0 Å². The summed E-state index contributed by atoms with van der Waals surface area (Å²) in [5.41, 5.74) is 2.06. The number of aryl methyl sites for hydroxylation is 1. The predicted octanol–water partition coefficient (Wildman–Crippen LogP) is 2.35. The van der Waals surface area contributed by atoms with Crippen molar-refractivity contribution in [2.75, 3.05) is 45.2 Å². The third-order valence-electron chi connectivity index (χ3n) is 4.98. The molecule has 1 fully saturated rings. The molecule has 28 heavy (non-hydrogen) atoms. The summed E-state index contributed by atoms with van der Waals surface area (Å²) in [6.45, 7) is 4.09. The zero-order valence-electron chi connectivity index (χ0n) is 16.2. The van der Waals surface area contributed by atoms with Crippen LogP contribution in [0.15, 0.2) is 47.4 Å². The summed E-state index contributed by atoms with van der Waals surface area (Å²) in [5.74, 6) is -0.451. The molecule has 0 N–H and O–H groups in total. The molecule has 3 rings (SSSR count). The molecule has 0 radical (unpaired) electrons. The number of rotatable bonds is 4. The molecule has 0 aliphatic carbocycles. The first-order chi connectivity index (χ1) is 13.2. The maximum absolute atomic E-state index is 13.1. The van der Waals surface area contributed by atoms with Crippen LogP contribution < -0.4 is 4.90 Å². The molecule has 0 aromatic heterocycles. The van der Waals surface area contributed by atoms with Crippen molar-refractivity contribution in [3.8, 4) is 0 Å². The van der Waals surface area contributed by atoms with Crippen LogP contribution >= 0.6 is 0 Å². The van der Waals surface area contributed by atoms with Gasteiger partial charge in [-0.15, -0.1) is 0 Å². The Kier molecular flexibility index (Phi) is 5.71. The highest BCUT2D eigenvalue weighted by atomic mass is 32.2. The molecule has 1 saturated heterocycles. The first-order valence-electron chi connectivity index (χ1n) is 9.03. The second-order valence-electron chi connectivity index (χ2n) is 7.02. The van der Waals surface area contributed by atoms with Crippen LogP contribution in [0.2, 0.25) is 0 Å². The maximum Gasteiger partial charge on any atom is 0.254 e. The summed E-state index contributed by atoms with van der Waals surface area (Å²) < 4.78 is 39.0. The fraction of sp³-hybridized carbons (Fsp3) is 0.350. The zero-order chi connectivity index (χ0) is 20.5. The third-order valence-corrected chi connectivity index (χ3v) is 6.79. The van der Waals surface area contributed by atoms with Gasteiger partial charge in [0.05, 0.1) is 4.90 Å². The van der Waals surface area contributed by atoms with E-state index < -0.39 is 10.0 Å². The van der Waals surface area contributed by atoms with E-state index in [2.05, 4.69) is 4.90 Å². The van der Waals surface area contributed by atoms with E-state index in [-0.39, 0.29) is 16.6 Å². The Bertz CT molecular complexity index is 967. The van der Waals surface area contributed by atoms with Gasteiger partial charge < -0.3 is 9.80 Å². The molecular weight excluding hydrogens is 381 g/mol. The first-order valence-corrected chi connectivity index (χ1v) is 10.5. The highest BCUT2D eigenvalue weighted by Crippen LogP contribution is 2.22. The van der Waals surface area contributed by atoms with E-state index in [1.54, 1.807) is 30.0 Å². The number of hydrogen-bond acceptors (Lipinski definition) is 4. The molecular formula is C20H24FN3O3S. The molecule has 0 unspecified atom stereocenters. The Morgan fingerprint density at radius 1 is 1.00 bits per heavy atom. The second-order valence-corrected chi connectivity index (χ2v) is 9.17. The number of sulfonamides is 1. The van der Waals surface area contributed by atoms with E-state index in [1.807, 2.05) is 0 Å². The van der Waals surface area contributed by atoms with Crippen molar-refractivity contribution < 1.29 is 17.6 Å². The molecule has 1 aliphatic rings. The Balaban J connectivity index is 1.76. The van der Waals surface area contributed by atoms with Crippen molar-refractivity contribution in [1.82, 2.24) is 9.21 Å². The van der Waals surface area contributed by atoms with Gasteiger partial charge in [-0.05, 0) is 48.9 Å². The van der Waals surface area contributed by atoms with Crippen LogP contribution in [0.1, 0.15) is 15.9 Å². The van der Waals surface area contributed by atoms with Gasteiger partial charge in [0.25, 0.3) is 5.91 Å². The number of hydrogen-bond donors (Lipinski definition) is 0. The van der Waals surface area contributed by atoms with Crippen molar-refractivity contribution in [2.45, 2.75) is 11.8 Å². The van der Waals surface area contributed by atoms with Crippen molar-refractivity contribution in [1.29, 1.82) is 0 Å². The molecule has 150 valence electrons. The van der Waals surface area contributed by atoms with Crippen molar-refractivity contribution in [3.05, 3.63) is 59.4 Å². The highest BCUT2D eigenvalue weighted by molar-refractivity contribution is 7.89. The normalized spacial score (nSPS) is 15.2. The molecule has 1 aliphatic heterocycles. The average molecular weight is 405 g/mol. The molecule has 0 bridgehead atoms. The Labute approximate surface area is 165 Å². The number of benzene rings is 2. The van der Waals surface area contributed by atoms with E-state index in [0.717, 1.165) is 15.6 Å². The summed E-state index contributed by atoms with van der Waals surface area (Å²) in [6.07, 6.45) is 0. The molecule has 1 heterocycles. The van der Waals surface area contributed by atoms with Crippen LogP contribution in [-0.4, -0.2) is 63.8 Å². The predicted molar refractivity (Wildman–Crippen MR) is 107 cm³/mol. The zero-order valence-corrected chi connectivity index (χ0v) is 17.0. The van der Waals surface area contributed by atoms with E-state index in [0.29, 0.717) is 31.7 Å². The fourth-order valence-corrected chi connectivity index (χ4v) is 4.12. The van der Waals surface area contributed by atoms with Gasteiger partial charge in [-0.1, -0.05) is 6.07 Å². The Morgan fingerprint density at radius 2 is 1.61 bits per heavy atom. The van der Waals surface area contributed by atoms with Gasteiger partial charge in [0.1, 0.15) is 5.82 Å². The lowest BCUT2D eigenvalue weighted by Crippen LogP contribution is -2.49. The summed E-state index contributed by atoms with van der Waals surface area (Å²) in [4.78, 5) is 16.9.